The van der Waals surface area contributed by atoms with Crippen LogP contribution in [0.1, 0.15) is 19.0 Å². The fourth-order valence-electron chi connectivity index (χ4n) is 1.19. The highest BCUT2D eigenvalue weighted by molar-refractivity contribution is 4.95. The van der Waals surface area contributed by atoms with Crippen LogP contribution in [0.3, 0.4) is 0 Å². The SMILES string of the molecule is CCCNCCn1cnc(C)cc1=O. The number of nitrogens with zero attached hydrogens (tertiary/aromatic N) is 2. The van der Waals surface area contributed by atoms with Crippen LogP contribution in [-0.4, -0.2) is 22.6 Å². The largest absolute Gasteiger partial charge is 0.315 e. The average molecular weight is 195 g/mol. The molecule has 0 fully saturated rings. The molecule has 0 spiro atoms. The van der Waals surface area contributed by atoms with Gasteiger partial charge >= 0.3 is 0 Å². The summed E-state index contributed by atoms with van der Waals surface area (Å²) >= 11 is 0. The third kappa shape index (κ3) is 3.30. The van der Waals surface area contributed by atoms with Gasteiger partial charge < -0.3 is 5.32 Å². The van der Waals surface area contributed by atoms with Crippen molar-refractivity contribution < 1.29 is 0 Å². The van der Waals surface area contributed by atoms with Crippen molar-refractivity contribution in [3.63, 3.8) is 0 Å². The smallest absolute Gasteiger partial charge is 0.253 e. The minimum Gasteiger partial charge on any atom is -0.315 e. The Hall–Kier alpha value is -1.16. The maximum absolute atomic E-state index is 11.4. The molecule has 4 heteroatoms. The predicted molar refractivity (Wildman–Crippen MR) is 56.4 cm³/mol. The monoisotopic (exact) mass is 195 g/mol. The molecule has 1 aromatic heterocycles. The zero-order chi connectivity index (χ0) is 10.4. The second kappa shape index (κ2) is 5.54. The molecule has 1 N–H and O–H groups in total. The lowest BCUT2D eigenvalue weighted by Crippen LogP contribution is -2.27. The van der Waals surface area contributed by atoms with Crippen molar-refractivity contribution in [1.29, 1.82) is 0 Å². The molecule has 0 saturated carbocycles. The molecule has 0 unspecified atom stereocenters. The van der Waals surface area contributed by atoms with Crippen molar-refractivity contribution in [1.82, 2.24) is 14.9 Å². The highest BCUT2D eigenvalue weighted by atomic mass is 16.1. The Balaban J connectivity index is 2.47. The highest BCUT2D eigenvalue weighted by Crippen LogP contribution is 1.84. The Morgan fingerprint density at radius 1 is 1.50 bits per heavy atom. The van der Waals surface area contributed by atoms with Crippen LogP contribution in [0, 0.1) is 6.92 Å². The molecule has 14 heavy (non-hydrogen) atoms. The van der Waals surface area contributed by atoms with E-state index in [2.05, 4.69) is 17.2 Å². The van der Waals surface area contributed by atoms with Gasteiger partial charge in [-0.3, -0.25) is 9.36 Å². The minimum atomic E-state index is 0.0239. The van der Waals surface area contributed by atoms with Crippen LogP contribution in [0.5, 0.6) is 0 Å². The number of aryl methyl sites for hydroxylation is 1. The lowest BCUT2D eigenvalue weighted by molar-refractivity contribution is 0.574. The second-order valence-corrected chi connectivity index (χ2v) is 3.31. The molecule has 0 aromatic carbocycles. The van der Waals surface area contributed by atoms with Gasteiger partial charge in [-0.05, 0) is 19.9 Å². The van der Waals surface area contributed by atoms with Crippen molar-refractivity contribution in [2.45, 2.75) is 26.8 Å². The molecule has 0 radical (unpaired) electrons. The lowest BCUT2D eigenvalue weighted by atomic mass is 10.4. The summed E-state index contributed by atoms with van der Waals surface area (Å²) in [4.78, 5) is 15.5. The summed E-state index contributed by atoms with van der Waals surface area (Å²) in [6, 6.07) is 1.56. The van der Waals surface area contributed by atoms with Crippen LogP contribution < -0.4 is 10.9 Å². The van der Waals surface area contributed by atoms with Crippen molar-refractivity contribution in [2.24, 2.45) is 0 Å². The van der Waals surface area contributed by atoms with Crippen LogP contribution >= 0.6 is 0 Å². The first-order chi connectivity index (χ1) is 6.74. The Bertz CT molecular complexity index is 332. The summed E-state index contributed by atoms with van der Waals surface area (Å²) in [6.45, 7) is 6.44. The number of aromatic nitrogens is 2. The standard InChI is InChI=1S/C10H17N3O/c1-3-4-11-5-6-13-8-12-9(2)7-10(13)14/h7-8,11H,3-6H2,1-2H3. The molecule has 0 aliphatic heterocycles. The van der Waals surface area contributed by atoms with Crippen LogP contribution in [-0.2, 0) is 6.54 Å². The minimum absolute atomic E-state index is 0.0239. The van der Waals surface area contributed by atoms with Gasteiger partial charge in [0, 0.05) is 24.8 Å². The van der Waals surface area contributed by atoms with E-state index in [0.29, 0.717) is 6.54 Å². The van der Waals surface area contributed by atoms with Crippen molar-refractivity contribution >= 4 is 0 Å². The van der Waals surface area contributed by atoms with E-state index in [1.807, 2.05) is 6.92 Å². The molecule has 0 amide bonds. The maximum Gasteiger partial charge on any atom is 0.253 e. The quantitative estimate of drug-likeness (QED) is 0.698. The fourth-order valence-corrected chi connectivity index (χ4v) is 1.19. The highest BCUT2D eigenvalue weighted by Gasteiger charge is 1.95. The van der Waals surface area contributed by atoms with Crippen molar-refractivity contribution in [3.05, 3.63) is 28.4 Å². The summed E-state index contributed by atoms with van der Waals surface area (Å²) in [7, 11) is 0. The Morgan fingerprint density at radius 2 is 2.29 bits per heavy atom. The summed E-state index contributed by atoms with van der Waals surface area (Å²) in [5.41, 5.74) is 0.795. The Morgan fingerprint density at radius 3 is 2.93 bits per heavy atom. The van der Waals surface area contributed by atoms with E-state index < -0.39 is 0 Å². The summed E-state index contributed by atoms with van der Waals surface area (Å²) in [5.74, 6) is 0. The van der Waals surface area contributed by atoms with E-state index in [-0.39, 0.29) is 5.56 Å². The second-order valence-electron chi connectivity index (χ2n) is 3.31. The van der Waals surface area contributed by atoms with E-state index >= 15 is 0 Å². The average Bonchev–Trinajstić information content (AvgIpc) is 2.15. The van der Waals surface area contributed by atoms with Gasteiger partial charge in [0.05, 0.1) is 6.33 Å². The zero-order valence-corrected chi connectivity index (χ0v) is 8.79. The van der Waals surface area contributed by atoms with Gasteiger partial charge in [-0.25, -0.2) is 4.98 Å². The van der Waals surface area contributed by atoms with E-state index in [4.69, 9.17) is 0 Å². The normalized spacial score (nSPS) is 10.4. The molecule has 0 saturated heterocycles. The van der Waals surface area contributed by atoms with Gasteiger partial charge in [0.1, 0.15) is 0 Å². The molecule has 0 bridgehead atoms. The molecular formula is C10H17N3O. The Labute approximate surface area is 84.0 Å². The van der Waals surface area contributed by atoms with E-state index in [0.717, 1.165) is 25.2 Å². The maximum atomic E-state index is 11.4. The summed E-state index contributed by atoms with van der Waals surface area (Å²) in [6.07, 6.45) is 2.71. The van der Waals surface area contributed by atoms with E-state index in [1.165, 1.54) is 0 Å². The molecule has 78 valence electrons. The zero-order valence-electron chi connectivity index (χ0n) is 8.79. The molecular weight excluding hydrogens is 178 g/mol. The molecule has 1 aromatic rings. The topological polar surface area (TPSA) is 46.9 Å². The first-order valence-corrected chi connectivity index (χ1v) is 4.98. The molecule has 0 atom stereocenters. The first kappa shape index (κ1) is 10.9. The summed E-state index contributed by atoms with van der Waals surface area (Å²) < 4.78 is 1.62. The fraction of sp³-hybridized carbons (Fsp3) is 0.600. The van der Waals surface area contributed by atoms with E-state index in [9.17, 15) is 4.79 Å². The number of nitrogens with one attached hydrogen (secondary N) is 1. The van der Waals surface area contributed by atoms with Crippen LogP contribution in [0.4, 0.5) is 0 Å². The Kier molecular flexibility index (Phi) is 4.32. The van der Waals surface area contributed by atoms with Gasteiger partial charge in [-0.2, -0.15) is 0 Å². The van der Waals surface area contributed by atoms with Crippen LogP contribution in [0.2, 0.25) is 0 Å². The number of rotatable bonds is 5. The van der Waals surface area contributed by atoms with Gasteiger partial charge in [-0.1, -0.05) is 6.92 Å². The molecule has 4 nitrogen and oxygen atoms in total. The van der Waals surface area contributed by atoms with Gasteiger partial charge in [0.25, 0.3) is 5.56 Å². The van der Waals surface area contributed by atoms with Crippen LogP contribution in [0.15, 0.2) is 17.2 Å². The number of hydrogen-bond acceptors (Lipinski definition) is 3. The van der Waals surface area contributed by atoms with Gasteiger partial charge in [0.15, 0.2) is 0 Å². The van der Waals surface area contributed by atoms with Gasteiger partial charge in [-0.15, -0.1) is 0 Å². The molecule has 1 heterocycles. The van der Waals surface area contributed by atoms with Crippen molar-refractivity contribution in [2.75, 3.05) is 13.1 Å². The number of hydrogen-bond donors (Lipinski definition) is 1. The van der Waals surface area contributed by atoms with Gasteiger partial charge in [0.2, 0.25) is 0 Å². The summed E-state index contributed by atoms with van der Waals surface area (Å²) in [5, 5.41) is 3.24. The van der Waals surface area contributed by atoms with Crippen LogP contribution in [0.25, 0.3) is 0 Å². The predicted octanol–water partition coefficient (Wildman–Crippen LogP) is 0.551. The van der Waals surface area contributed by atoms with Crippen molar-refractivity contribution in [3.8, 4) is 0 Å². The molecule has 1 rings (SSSR count). The third-order valence-corrected chi connectivity index (χ3v) is 1.97. The third-order valence-electron chi connectivity index (χ3n) is 1.97. The molecule has 0 aliphatic carbocycles. The lowest BCUT2D eigenvalue weighted by Gasteiger charge is -2.05. The molecule has 0 aliphatic rings. The first-order valence-electron chi connectivity index (χ1n) is 4.98. The van der Waals surface area contributed by atoms with E-state index in [1.54, 1.807) is 17.0 Å².